The molecular weight excluding hydrogens is 251 g/mol. The Morgan fingerprint density at radius 2 is 2.11 bits per heavy atom. The molecule has 96 valence electrons. The fraction of sp³-hybridized carbons (Fsp3) is 0.500. The zero-order valence-electron chi connectivity index (χ0n) is 10.2. The van der Waals surface area contributed by atoms with Crippen LogP contribution in [0.3, 0.4) is 0 Å². The molecular formula is C14H16ClFN2. The summed E-state index contributed by atoms with van der Waals surface area (Å²) in [5, 5.41) is 9.04. The highest BCUT2D eigenvalue weighted by atomic mass is 35.5. The molecule has 4 heteroatoms. The predicted molar refractivity (Wildman–Crippen MR) is 69.7 cm³/mol. The van der Waals surface area contributed by atoms with Crippen molar-refractivity contribution in [1.29, 1.82) is 5.26 Å². The standard InChI is InChI=1S/C14H16ClFN2/c15-13-9-11(5-6-14(13)16)10-18(8-7-17)12-3-1-2-4-12/h5-6,9,12H,1-4,8,10H2. The summed E-state index contributed by atoms with van der Waals surface area (Å²) in [5.41, 5.74) is 0.962. The zero-order valence-corrected chi connectivity index (χ0v) is 11.0. The predicted octanol–water partition coefficient (Wildman–Crippen LogP) is 3.75. The molecule has 1 saturated carbocycles. The van der Waals surface area contributed by atoms with Gasteiger partial charge in [0.05, 0.1) is 17.6 Å². The van der Waals surface area contributed by atoms with E-state index in [4.69, 9.17) is 16.9 Å². The van der Waals surface area contributed by atoms with Crippen LogP contribution in [0.25, 0.3) is 0 Å². The van der Waals surface area contributed by atoms with Gasteiger partial charge < -0.3 is 0 Å². The van der Waals surface area contributed by atoms with Crippen molar-refractivity contribution in [3.8, 4) is 6.07 Å². The van der Waals surface area contributed by atoms with E-state index in [2.05, 4.69) is 11.0 Å². The normalized spacial score (nSPS) is 16.1. The SMILES string of the molecule is N#CCN(Cc1ccc(F)c(Cl)c1)C1CCCC1. The van der Waals surface area contributed by atoms with Crippen molar-refractivity contribution >= 4 is 11.6 Å². The van der Waals surface area contributed by atoms with Crippen LogP contribution in [-0.2, 0) is 6.54 Å². The van der Waals surface area contributed by atoms with Gasteiger partial charge in [-0.1, -0.05) is 30.5 Å². The average molecular weight is 267 g/mol. The first kappa shape index (κ1) is 13.3. The second-order valence-corrected chi connectivity index (χ2v) is 5.16. The number of nitrogens with zero attached hydrogens (tertiary/aromatic N) is 2. The van der Waals surface area contributed by atoms with E-state index < -0.39 is 5.82 Å². The molecule has 0 radical (unpaired) electrons. The maximum Gasteiger partial charge on any atom is 0.141 e. The van der Waals surface area contributed by atoms with Crippen LogP contribution in [0, 0.1) is 17.1 Å². The number of halogens is 2. The summed E-state index contributed by atoms with van der Waals surface area (Å²) in [6.07, 6.45) is 4.76. The molecule has 1 aromatic carbocycles. The minimum atomic E-state index is -0.395. The van der Waals surface area contributed by atoms with Crippen molar-refractivity contribution in [2.24, 2.45) is 0 Å². The van der Waals surface area contributed by atoms with Crippen LogP contribution in [0.4, 0.5) is 4.39 Å². The first-order valence-electron chi connectivity index (χ1n) is 6.25. The Kier molecular flexibility index (Phi) is 4.57. The van der Waals surface area contributed by atoms with Crippen LogP contribution in [0.5, 0.6) is 0 Å². The molecule has 0 saturated heterocycles. The average Bonchev–Trinajstić information content (AvgIpc) is 2.87. The lowest BCUT2D eigenvalue weighted by Gasteiger charge is -2.26. The molecule has 0 unspecified atom stereocenters. The second kappa shape index (κ2) is 6.17. The fourth-order valence-corrected chi connectivity index (χ4v) is 2.75. The highest BCUT2D eigenvalue weighted by molar-refractivity contribution is 6.30. The second-order valence-electron chi connectivity index (χ2n) is 4.75. The quantitative estimate of drug-likeness (QED) is 0.776. The minimum absolute atomic E-state index is 0.149. The Morgan fingerprint density at radius 1 is 1.39 bits per heavy atom. The Balaban J connectivity index is 2.07. The third-order valence-electron chi connectivity index (χ3n) is 3.48. The van der Waals surface area contributed by atoms with E-state index in [1.54, 1.807) is 12.1 Å². The molecule has 1 aliphatic rings. The van der Waals surface area contributed by atoms with E-state index in [-0.39, 0.29) is 5.02 Å². The summed E-state index contributed by atoms with van der Waals surface area (Å²) in [5.74, 6) is -0.395. The van der Waals surface area contributed by atoms with Gasteiger partial charge in [-0.05, 0) is 30.5 Å². The van der Waals surface area contributed by atoms with Gasteiger partial charge in [-0.15, -0.1) is 0 Å². The van der Waals surface area contributed by atoms with Gasteiger partial charge in [0.1, 0.15) is 5.82 Å². The summed E-state index contributed by atoms with van der Waals surface area (Å²) >= 11 is 5.78. The highest BCUT2D eigenvalue weighted by Crippen LogP contribution is 2.25. The molecule has 0 heterocycles. The first-order valence-corrected chi connectivity index (χ1v) is 6.63. The van der Waals surface area contributed by atoms with E-state index >= 15 is 0 Å². The van der Waals surface area contributed by atoms with Gasteiger partial charge in [-0.25, -0.2) is 4.39 Å². The number of hydrogen-bond donors (Lipinski definition) is 0. The van der Waals surface area contributed by atoms with Gasteiger partial charge in [0, 0.05) is 12.6 Å². The monoisotopic (exact) mass is 266 g/mol. The topological polar surface area (TPSA) is 27.0 Å². The Bertz CT molecular complexity index is 450. The van der Waals surface area contributed by atoms with Crippen LogP contribution in [-0.4, -0.2) is 17.5 Å². The summed E-state index contributed by atoms with van der Waals surface area (Å²) in [7, 11) is 0. The molecule has 0 bridgehead atoms. The van der Waals surface area contributed by atoms with E-state index in [0.717, 1.165) is 18.4 Å². The molecule has 0 atom stereocenters. The maximum atomic E-state index is 13.1. The van der Waals surface area contributed by atoms with Gasteiger partial charge in [-0.3, -0.25) is 4.90 Å². The van der Waals surface area contributed by atoms with E-state index in [1.165, 1.54) is 18.9 Å². The van der Waals surface area contributed by atoms with E-state index in [0.29, 0.717) is 19.1 Å². The number of rotatable bonds is 4. The van der Waals surface area contributed by atoms with Crippen molar-refractivity contribution in [3.63, 3.8) is 0 Å². The lowest BCUT2D eigenvalue weighted by Crippen LogP contribution is -2.33. The van der Waals surface area contributed by atoms with Crippen molar-refractivity contribution in [1.82, 2.24) is 4.90 Å². The van der Waals surface area contributed by atoms with Gasteiger partial charge in [0.25, 0.3) is 0 Å². The summed E-state index contributed by atoms with van der Waals surface area (Å²) in [4.78, 5) is 2.16. The molecule has 2 nitrogen and oxygen atoms in total. The Morgan fingerprint density at radius 3 is 2.72 bits per heavy atom. The van der Waals surface area contributed by atoms with Crippen LogP contribution in [0.1, 0.15) is 31.2 Å². The van der Waals surface area contributed by atoms with Crippen LogP contribution in [0.2, 0.25) is 5.02 Å². The van der Waals surface area contributed by atoms with Crippen molar-refractivity contribution in [2.45, 2.75) is 38.3 Å². The highest BCUT2D eigenvalue weighted by Gasteiger charge is 2.22. The molecule has 0 spiro atoms. The number of nitriles is 1. The first-order chi connectivity index (χ1) is 8.70. The lowest BCUT2D eigenvalue weighted by molar-refractivity contribution is 0.214. The van der Waals surface area contributed by atoms with Gasteiger partial charge in [0.2, 0.25) is 0 Å². The molecule has 1 aliphatic carbocycles. The summed E-state index contributed by atoms with van der Waals surface area (Å²) < 4.78 is 13.1. The lowest BCUT2D eigenvalue weighted by atomic mass is 10.1. The van der Waals surface area contributed by atoms with Gasteiger partial charge in [-0.2, -0.15) is 5.26 Å². The van der Waals surface area contributed by atoms with Gasteiger partial charge in [0.15, 0.2) is 0 Å². The molecule has 0 aromatic heterocycles. The molecule has 0 aliphatic heterocycles. The zero-order chi connectivity index (χ0) is 13.0. The van der Waals surface area contributed by atoms with Crippen molar-refractivity contribution in [2.75, 3.05) is 6.54 Å². The third kappa shape index (κ3) is 3.22. The molecule has 18 heavy (non-hydrogen) atoms. The van der Waals surface area contributed by atoms with Crippen molar-refractivity contribution < 1.29 is 4.39 Å². The molecule has 1 aromatic rings. The fourth-order valence-electron chi connectivity index (χ4n) is 2.55. The third-order valence-corrected chi connectivity index (χ3v) is 3.77. The number of hydrogen-bond acceptors (Lipinski definition) is 2. The minimum Gasteiger partial charge on any atom is -0.283 e. The van der Waals surface area contributed by atoms with E-state index in [1.807, 2.05) is 0 Å². The Hall–Kier alpha value is -1.11. The van der Waals surface area contributed by atoms with Crippen molar-refractivity contribution in [3.05, 3.63) is 34.6 Å². The molecule has 0 amide bonds. The smallest absolute Gasteiger partial charge is 0.141 e. The van der Waals surface area contributed by atoms with Crippen LogP contribution in [0.15, 0.2) is 18.2 Å². The van der Waals surface area contributed by atoms with Crippen LogP contribution >= 0.6 is 11.6 Å². The molecule has 2 rings (SSSR count). The molecule has 0 N–H and O–H groups in total. The largest absolute Gasteiger partial charge is 0.283 e. The summed E-state index contributed by atoms with van der Waals surface area (Å²) in [6, 6.07) is 7.46. The summed E-state index contributed by atoms with van der Waals surface area (Å²) in [6.45, 7) is 1.08. The number of benzene rings is 1. The molecule has 1 fully saturated rings. The van der Waals surface area contributed by atoms with Crippen LogP contribution < -0.4 is 0 Å². The Labute approximate surface area is 112 Å². The maximum absolute atomic E-state index is 13.1. The van der Waals surface area contributed by atoms with E-state index in [9.17, 15) is 4.39 Å². The van der Waals surface area contributed by atoms with Gasteiger partial charge >= 0.3 is 0 Å².